The zero-order chi connectivity index (χ0) is 17.9. The van der Waals surface area contributed by atoms with Gasteiger partial charge in [-0.1, -0.05) is 12.2 Å². The van der Waals surface area contributed by atoms with E-state index in [2.05, 4.69) is 5.32 Å². The van der Waals surface area contributed by atoms with Gasteiger partial charge in [-0.2, -0.15) is 0 Å². The van der Waals surface area contributed by atoms with Crippen molar-refractivity contribution >= 4 is 23.7 Å². The number of rotatable bonds is 5. The number of carbonyl (C=O) groups is 4. The van der Waals surface area contributed by atoms with E-state index in [1.165, 1.54) is 0 Å². The summed E-state index contributed by atoms with van der Waals surface area (Å²) in [5.74, 6) is -2.01. The smallest absolute Gasteiger partial charge is 0.308 e. The average molecular weight is 336 g/mol. The van der Waals surface area contributed by atoms with E-state index in [1.807, 2.05) is 32.9 Å². The quantitative estimate of drug-likeness (QED) is 0.455. The number of nitrogens with one attached hydrogen (secondary N) is 1. The molecule has 1 N–H and O–H groups in total. The summed E-state index contributed by atoms with van der Waals surface area (Å²) >= 11 is 0. The molecule has 0 aromatic rings. The third-order valence-electron chi connectivity index (χ3n) is 4.02. The second-order valence-corrected chi connectivity index (χ2v) is 7.19. The normalized spacial score (nSPS) is 23.2. The first-order valence-corrected chi connectivity index (χ1v) is 8.16. The van der Waals surface area contributed by atoms with E-state index in [0.717, 1.165) is 4.90 Å². The van der Waals surface area contributed by atoms with E-state index in [-0.39, 0.29) is 49.1 Å². The fraction of sp³-hybridized carbons (Fsp3) is 0.647. The molecule has 1 heterocycles. The molecule has 0 aromatic heterocycles. The summed E-state index contributed by atoms with van der Waals surface area (Å²) in [6, 6.07) is 0. The van der Waals surface area contributed by atoms with E-state index in [4.69, 9.17) is 4.74 Å². The molecule has 1 aliphatic carbocycles. The molecule has 2 aliphatic rings. The molecule has 0 radical (unpaired) electrons. The first-order valence-electron chi connectivity index (χ1n) is 8.16. The number of allylic oxidation sites excluding steroid dienone is 2. The van der Waals surface area contributed by atoms with Crippen molar-refractivity contribution in [2.24, 2.45) is 11.8 Å². The number of imide groups is 1. The summed E-state index contributed by atoms with van der Waals surface area (Å²) in [5.41, 5.74) is -0.401. The highest BCUT2D eigenvalue weighted by atomic mass is 16.5. The molecule has 7 nitrogen and oxygen atoms in total. The number of nitrogens with zero attached hydrogens (tertiary/aromatic N) is 1. The van der Waals surface area contributed by atoms with Crippen LogP contribution >= 0.6 is 0 Å². The van der Waals surface area contributed by atoms with E-state index in [9.17, 15) is 19.2 Å². The molecule has 1 aliphatic heterocycles. The van der Waals surface area contributed by atoms with Crippen molar-refractivity contribution in [1.29, 1.82) is 0 Å². The summed E-state index contributed by atoms with van der Waals surface area (Å²) in [5, 5.41) is 2.68. The van der Waals surface area contributed by atoms with Crippen molar-refractivity contribution < 1.29 is 23.9 Å². The topological polar surface area (TPSA) is 92.8 Å². The first-order chi connectivity index (χ1) is 11.2. The Morgan fingerprint density at radius 3 is 2.21 bits per heavy atom. The van der Waals surface area contributed by atoms with E-state index < -0.39 is 11.5 Å². The van der Waals surface area contributed by atoms with Gasteiger partial charge in [0.25, 0.3) is 5.91 Å². The summed E-state index contributed by atoms with van der Waals surface area (Å²) < 4.78 is 4.89. The van der Waals surface area contributed by atoms with Crippen LogP contribution in [0.2, 0.25) is 0 Å². The van der Waals surface area contributed by atoms with Crippen molar-refractivity contribution in [3.63, 3.8) is 0 Å². The molecular formula is C17H24N2O5. The minimum Gasteiger partial charge on any atom is -0.456 e. The average Bonchev–Trinajstić information content (AvgIpc) is 2.74. The Morgan fingerprint density at radius 1 is 1.17 bits per heavy atom. The molecule has 0 spiro atoms. The van der Waals surface area contributed by atoms with Gasteiger partial charge in [0.1, 0.15) is 0 Å². The molecule has 2 rings (SSSR count). The zero-order valence-corrected chi connectivity index (χ0v) is 14.3. The Labute approximate surface area is 141 Å². The molecule has 0 bridgehead atoms. The lowest BCUT2D eigenvalue weighted by atomic mass is 9.85. The van der Waals surface area contributed by atoms with Gasteiger partial charge in [0.15, 0.2) is 6.61 Å². The SMILES string of the molecule is CC(C)(C)NC(=O)COC(=O)CCN1C(=O)[C@H]2CC=CC[C@@H]2C1=O. The Balaban J connectivity index is 1.77. The summed E-state index contributed by atoms with van der Waals surface area (Å²) in [7, 11) is 0. The van der Waals surface area contributed by atoms with Crippen molar-refractivity contribution in [3.05, 3.63) is 12.2 Å². The molecule has 7 heteroatoms. The molecule has 3 amide bonds. The Morgan fingerprint density at radius 2 is 1.71 bits per heavy atom. The second kappa shape index (κ2) is 7.15. The Hall–Kier alpha value is -2.18. The third-order valence-corrected chi connectivity index (χ3v) is 4.02. The van der Waals surface area contributed by atoms with Gasteiger partial charge in [-0.25, -0.2) is 0 Å². The predicted molar refractivity (Wildman–Crippen MR) is 85.5 cm³/mol. The van der Waals surface area contributed by atoms with Crippen LogP contribution in [0.15, 0.2) is 12.2 Å². The Kier molecular flexibility index (Phi) is 5.41. The van der Waals surface area contributed by atoms with Crippen LogP contribution in [-0.4, -0.2) is 47.3 Å². The van der Waals surface area contributed by atoms with Gasteiger partial charge in [0, 0.05) is 12.1 Å². The third kappa shape index (κ3) is 4.43. The highest BCUT2D eigenvalue weighted by Crippen LogP contribution is 2.34. The van der Waals surface area contributed by atoms with Crippen LogP contribution in [0.4, 0.5) is 0 Å². The summed E-state index contributed by atoms with van der Waals surface area (Å²) in [4.78, 5) is 49.0. The summed E-state index contributed by atoms with van der Waals surface area (Å²) in [6.45, 7) is 5.11. The van der Waals surface area contributed by atoms with Crippen molar-refractivity contribution in [3.8, 4) is 0 Å². The number of amides is 3. The fourth-order valence-electron chi connectivity index (χ4n) is 2.97. The maximum Gasteiger partial charge on any atom is 0.308 e. The largest absolute Gasteiger partial charge is 0.456 e. The zero-order valence-electron chi connectivity index (χ0n) is 14.3. The monoisotopic (exact) mass is 336 g/mol. The van der Waals surface area contributed by atoms with Crippen molar-refractivity contribution in [2.75, 3.05) is 13.2 Å². The van der Waals surface area contributed by atoms with Gasteiger partial charge in [-0.05, 0) is 33.6 Å². The number of hydrogen-bond acceptors (Lipinski definition) is 5. The van der Waals surface area contributed by atoms with Gasteiger partial charge >= 0.3 is 5.97 Å². The number of carbonyl (C=O) groups excluding carboxylic acids is 4. The standard InChI is InChI=1S/C17H24N2O5/c1-17(2,3)18-13(20)10-24-14(21)8-9-19-15(22)11-6-4-5-7-12(11)16(19)23/h4-5,11-12H,6-10H2,1-3H3,(H,18,20)/t11-,12-/m0/s1. The van der Waals surface area contributed by atoms with E-state index in [1.54, 1.807) is 0 Å². The van der Waals surface area contributed by atoms with Gasteiger partial charge in [0.2, 0.25) is 11.8 Å². The number of hydrogen-bond donors (Lipinski definition) is 1. The minimum atomic E-state index is -0.604. The van der Waals surface area contributed by atoms with Crippen molar-refractivity contribution in [1.82, 2.24) is 10.2 Å². The second-order valence-electron chi connectivity index (χ2n) is 7.19. The van der Waals surface area contributed by atoms with Crippen LogP contribution in [-0.2, 0) is 23.9 Å². The number of fused-ring (bicyclic) bond motifs is 1. The van der Waals surface area contributed by atoms with Crippen molar-refractivity contribution in [2.45, 2.75) is 45.6 Å². The van der Waals surface area contributed by atoms with Crippen LogP contribution in [0.25, 0.3) is 0 Å². The molecule has 0 saturated carbocycles. The van der Waals surface area contributed by atoms with Gasteiger partial charge in [0.05, 0.1) is 18.3 Å². The lowest BCUT2D eigenvalue weighted by Crippen LogP contribution is -2.43. The fourth-order valence-corrected chi connectivity index (χ4v) is 2.97. The van der Waals surface area contributed by atoms with E-state index in [0.29, 0.717) is 12.8 Å². The Bertz CT molecular complexity index is 550. The molecular weight excluding hydrogens is 312 g/mol. The molecule has 24 heavy (non-hydrogen) atoms. The van der Waals surface area contributed by atoms with Crippen LogP contribution in [0, 0.1) is 11.8 Å². The lowest BCUT2D eigenvalue weighted by molar-refractivity contribution is -0.150. The number of esters is 1. The highest BCUT2D eigenvalue weighted by Gasteiger charge is 2.46. The first kappa shape index (κ1) is 18.2. The molecule has 132 valence electrons. The lowest BCUT2D eigenvalue weighted by Gasteiger charge is -2.20. The van der Waals surface area contributed by atoms with Crippen LogP contribution < -0.4 is 5.32 Å². The molecule has 0 unspecified atom stereocenters. The van der Waals surface area contributed by atoms with Crippen LogP contribution in [0.5, 0.6) is 0 Å². The van der Waals surface area contributed by atoms with Gasteiger partial charge < -0.3 is 10.1 Å². The maximum absolute atomic E-state index is 12.2. The molecule has 1 saturated heterocycles. The molecule has 2 atom stereocenters. The number of likely N-dealkylation sites (tertiary alicyclic amines) is 1. The van der Waals surface area contributed by atoms with E-state index >= 15 is 0 Å². The summed E-state index contributed by atoms with van der Waals surface area (Å²) in [6.07, 6.45) is 4.87. The molecule has 1 fully saturated rings. The van der Waals surface area contributed by atoms with Gasteiger partial charge in [-0.3, -0.25) is 24.1 Å². The molecule has 0 aromatic carbocycles. The van der Waals surface area contributed by atoms with Gasteiger partial charge in [-0.15, -0.1) is 0 Å². The van der Waals surface area contributed by atoms with Crippen LogP contribution in [0.1, 0.15) is 40.0 Å². The maximum atomic E-state index is 12.2. The predicted octanol–water partition coefficient (Wildman–Crippen LogP) is 0.786. The number of ether oxygens (including phenoxy) is 1. The minimum absolute atomic E-state index is 0.00436. The van der Waals surface area contributed by atoms with Crippen LogP contribution in [0.3, 0.4) is 0 Å². The highest BCUT2D eigenvalue weighted by molar-refractivity contribution is 6.05.